The van der Waals surface area contributed by atoms with E-state index in [1.165, 1.54) is 11.1 Å². The van der Waals surface area contributed by atoms with Crippen LogP contribution in [0.1, 0.15) is 27.2 Å². The third kappa shape index (κ3) is 3.38. The number of hydrogen-bond acceptors (Lipinski definition) is 3. The van der Waals surface area contributed by atoms with Gasteiger partial charge in [0.15, 0.2) is 0 Å². The second-order valence-corrected chi connectivity index (χ2v) is 8.34. The number of carbonyl (C=O) groups excluding carboxylic acids is 1. The number of hydrogen-bond donors (Lipinski definition) is 0. The van der Waals surface area contributed by atoms with Crippen LogP contribution in [-0.2, 0) is 13.0 Å². The minimum atomic E-state index is 0.0244. The Morgan fingerprint density at radius 2 is 1.86 bits per heavy atom. The van der Waals surface area contributed by atoms with E-state index in [1.807, 2.05) is 46.7 Å². The molecule has 2 aromatic heterocycles. The van der Waals surface area contributed by atoms with E-state index in [0.717, 1.165) is 34.8 Å². The Morgan fingerprint density at radius 3 is 2.66 bits per heavy atom. The number of aryl methyl sites for hydroxylation is 1. The Labute approximate surface area is 174 Å². The van der Waals surface area contributed by atoms with Crippen LogP contribution in [0.5, 0.6) is 0 Å². The molecule has 5 rings (SSSR count). The summed E-state index contributed by atoms with van der Waals surface area (Å²) in [5.74, 6) is 0.0244. The van der Waals surface area contributed by atoms with Crippen LogP contribution in [0, 0.1) is 6.92 Å². The molecule has 144 valence electrons. The molecule has 1 aliphatic rings. The highest BCUT2D eigenvalue weighted by Gasteiger charge is 2.26. The van der Waals surface area contributed by atoms with Gasteiger partial charge in [0.05, 0.1) is 10.6 Å². The predicted molar refractivity (Wildman–Crippen MR) is 117 cm³/mol. The van der Waals surface area contributed by atoms with E-state index in [9.17, 15) is 4.79 Å². The van der Waals surface area contributed by atoms with Crippen molar-refractivity contribution in [3.63, 3.8) is 0 Å². The summed E-state index contributed by atoms with van der Waals surface area (Å²) in [6, 6.07) is 22.5. The summed E-state index contributed by atoms with van der Waals surface area (Å²) in [6.07, 6.45) is 0.887. The molecule has 1 amide bonds. The molecular weight excluding hydrogens is 378 g/mol. The van der Waals surface area contributed by atoms with E-state index >= 15 is 0 Å². The molecule has 1 aliphatic heterocycles. The van der Waals surface area contributed by atoms with Crippen molar-refractivity contribution in [1.82, 2.24) is 14.7 Å². The van der Waals surface area contributed by atoms with Gasteiger partial charge in [0.2, 0.25) is 0 Å². The fourth-order valence-electron chi connectivity index (χ4n) is 3.87. The van der Waals surface area contributed by atoms with Crippen molar-refractivity contribution in [2.75, 3.05) is 6.54 Å². The minimum Gasteiger partial charge on any atom is -0.333 e. The van der Waals surface area contributed by atoms with Crippen molar-refractivity contribution >= 4 is 17.2 Å². The third-order valence-corrected chi connectivity index (χ3v) is 6.26. The van der Waals surface area contributed by atoms with Gasteiger partial charge in [0.1, 0.15) is 11.4 Å². The molecule has 0 unspecified atom stereocenters. The number of benzene rings is 2. The SMILES string of the molecule is Cc1cccc(-n2nc(-c3cccs3)cc2C(=O)N2CCc3ccccc3C2)c1. The molecule has 0 bridgehead atoms. The molecule has 0 aliphatic carbocycles. The molecular formula is C24H21N3OS. The maximum Gasteiger partial charge on any atom is 0.272 e. The van der Waals surface area contributed by atoms with Gasteiger partial charge in [0.25, 0.3) is 5.91 Å². The van der Waals surface area contributed by atoms with Crippen LogP contribution in [0.3, 0.4) is 0 Å². The van der Waals surface area contributed by atoms with Gasteiger partial charge in [-0.1, -0.05) is 42.5 Å². The molecule has 4 aromatic rings. The van der Waals surface area contributed by atoms with Crippen molar-refractivity contribution in [2.45, 2.75) is 19.9 Å². The highest BCUT2D eigenvalue weighted by molar-refractivity contribution is 7.13. The van der Waals surface area contributed by atoms with Gasteiger partial charge < -0.3 is 4.90 Å². The van der Waals surface area contributed by atoms with Crippen LogP contribution in [0.15, 0.2) is 72.1 Å². The van der Waals surface area contributed by atoms with E-state index in [1.54, 1.807) is 16.0 Å². The van der Waals surface area contributed by atoms with Gasteiger partial charge in [-0.05, 0) is 59.7 Å². The van der Waals surface area contributed by atoms with Crippen molar-refractivity contribution in [3.8, 4) is 16.3 Å². The topological polar surface area (TPSA) is 38.1 Å². The van der Waals surface area contributed by atoms with E-state index in [-0.39, 0.29) is 5.91 Å². The predicted octanol–water partition coefficient (Wildman–Crippen LogP) is 5.11. The van der Waals surface area contributed by atoms with Crippen LogP contribution in [0.2, 0.25) is 0 Å². The third-order valence-electron chi connectivity index (χ3n) is 5.37. The Kier molecular flexibility index (Phi) is 4.52. The fourth-order valence-corrected chi connectivity index (χ4v) is 4.55. The van der Waals surface area contributed by atoms with Gasteiger partial charge in [-0.3, -0.25) is 4.79 Å². The number of aromatic nitrogens is 2. The molecule has 0 spiro atoms. The van der Waals surface area contributed by atoms with Crippen LogP contribution in [-0.4, -0.2) is 27.1 Å². The summed E-state index contributed by atoms with van der Waals surface area (Å²) in [6.45, 7) is 3.42. The summed E-state index contributed by atoms with van der Waals surface area (Å²) in [5.41, 5.74) is 6.06. The maximum atomic E-state index is 13.5. The average Bonchev–Trinajstić information content (AvgIpc) is 3.43. The fraction of sp³-hybridized carbons (Fsp3) is 0.167. The Bertz CT molecular complexity index is 1180. The molecule has 0 saturated heterocycles. The number of amides is 1. The number of carbonyl (C=O) groups is 1. The lowest BCUT2D eigenvalue weighted by atomic mass is 10.00. The highest BCUT2D eigenvalue weighted by Crippen LogP contribution is 2.28. The lowest BCUT2D eigenvalue weighted by Crippen LogP contribution is -2.37. The normalized spacial score (nSPS) is 13.3. The molecule has 0 saturated carbocycles. The first-order valence-electron chi connectivity index (χ1n) is 9.76. The Morgan fingerprint density at radius 1 is 1.00 bits per heavy atom. The van der Waals surface area contributed by atoms with Gasteiger partial charge in [0, 0.05) is 13.1 Å². The van der Waals surface area contributed by atoms with Gasteiger partial charge in [-0.25, -0.2) is 4.68 Å². The Balaban J connectivity index is 1.56. The molecule has 2 aromatic carbocycles. The summed E-state index contributed by atoms with van der Waals surface area (Å²) in [7, 11) is 0. The molecule has 0 fully saturated rings. The largest absolute Gasteiger partial charge is 0.333 e. The molecule has 3 heterocycles. The van der Waals surface area contributed by atoms with E-state index < -0.39 is 0 Å². The van der Waals surface area contributed by atoms with Gasteiger partial charge in [-0.2, -0.15) is 5.10 Å². The first kappa shape index (κ1) is 17.9. The molecule has 4 nitrogen and oxygen atoms in total. The number of fused-ring (bicyclic) bond motifs is 1. The number of rotatable bonds is 3. The lowest BCUT2D eigenvalue weighted by Gasteiger charge is -2.29. The zero-order valence-corrected chi connectivity index (χ0v) is 17.0. The van der Waals surface area contributed by atoms with Crippen LogP contribution in [0.4, 0.5) is 0 Å². The zero-order chi connectivity index (χ0) is 19.8. The lowest BCUT2D eigenvalue weighted by molar-refractivity contribution is 0.0725. The second-order valence-electron chi connectivity index (χ2n) is 7.39. The van der Waals surface area contributed by atoms with Gasteiger partial charge in [-0.15, -0.1) is 11.3 Å². The second kappa shape index (κ2) is 7.33. The molecule has 29 heavy (non-hydrogen) atoms. The molecule has 0 N–H and O–H groups in total. The van der Waals surface area contributed by atoms with Crippen molar-refractivity contribution in [1.29, 1.82) is 0 Å². The standard InChI is InChI=1S/C24H21N3OS/c1-17-6-4-9-20(14-17)27-22(15-21(25-27)23-10-5-13-29-23)24(28)26-12-11-18-7-2-3-8-19(18)16-26/h2-10,13-15H,11-12,16H2,1H3. The van der Waals surface area contributed by atoms with Crippen LogP contribution >= 0.6 is 11.3 Å². The number of nitrogens with zero attached hydrogens (tertiary/aromatic N) is 3. The minimum absolute atomic E-state index is 0.0244. The molecule has 0 atom stereocenters. The zero-order valence-electron chi connectivity index (χ0n) is 16.2. The van der Waals surface area contributed by atoms with E-state index in [4.69, 9.17) is 5.10 Å². The average molecular weight is 400 g/mol. The maximum absolute atomic E-state index is 13.5. The first-order chi connectivity index (χ1) is 14.2. The molecule has 0 radical (unpaired) electrons. The van der Waals surface area contributed by atoms with Crippen LogP contribution in [0.25, 0.3) is 16.3 Å². The summed E-state index contributed by atoms with van der Waals surface area (Å²) >= 11 is 1.63. The number of thiophene rings is 1. The highest BCUT2D eigenvalue weighted by atomic mass is 32.1. The summed E-state index contributed by atoms with van der Waals surface area (Å²) in [5, 5.41) is 6.84. The molecule has 5 heteroatoms. The van der Waals surface area contributed by atoms with Crippen molar-refractivity contribution in [2.24, 2.45) is 0 Å². The quantitative estimate of drug-likeness (QED) is 0.480. The Hall–Kier alpha value is -3.18. The van der Waals surface area contributed by atoms with E-state index in [2.05, 4.69) is 37.3 Å². The van der Waals surface area contributed by atoms with Crippen molar-refractivity contribution < 1.29 is 4.79 Å². The smallest absolute Gasteiger partial charge is 0.272 e. The summed E-state index contributed by atoms with van der Waals surface area (Å²) < 4.78 is 1.80. The van der Waals surface area contributed by atoms with Crippen LogP contribution < -0.4 is 0 Å². The summed E-state index contributed by atoms with van der Waals surface area (Å²) in [4.78, 5) is 16.5. The monoisotopic (exact) mass is 399 g/mol. The van der Waals surface area contributed by atoms with Crippen molar-refractivity contribution in [3.05, 3.63) is 94.5 Å². The van der Waals surface area contributed by atoms with Gasteiger partial charge >= 0.3 is 0 Å². The first-order valence-corrected chi connectivity index (χ1v) is 10.6. The van der Waals surface area contributed by atoms with E-state index in [0.29, 0.717) is 12.2 Å².